The maximum absolute atomic E-state index is 12.3. The number of H-pyrrole nitrogens is 1. The molecule has 0 bridgehead atoms. The number of nitrogens with one attached hydrogen (secondary N) is 1. The van der Waals surface area contributed by atoms with E-state index in [0.717, 1.165) is 28.7 Å². The van der Waals surface area contributed by atoms with Crippen LogP contribution in [0.1, 0.15) is 36.3 Å². The third-order valence-corrected chi connectivity index (χ3v) is 3.48. The molecule has 0 saturated heterocycles. The Morgan fingerprint density at radius 1 is 1.33 bits per heavy atom. The van der Waals surface area contributed by atoms with Crippen molar-refractivity contribution in [3.8, 4) is 5.88 Å². The van der Waals surface area contributed by atoms with Gasteiger partial charge < -0.3 is 9.72 Å². The number of Topliss-reactive ketones (excluding diaryl/α,β-unsaturated/α-hetero) is 1. The Hall–Kier alpha value is -1.84. The molecule has 2 aromatic rings. The monoisotopic (exact) mass is 244 g/mol. The molecule has 94 valence electrons. The lowest BCUT2D eigenvalue weighted by atomic mass is 9.76. The quantitative estimate of drug-likeness (QED) is 0.839. The highest BCUT2D eigenvalue weighted by atomic mass is 16.5. The Bertz CT molecular complexity index is 641. The van der Waals surface area contributed by atoms with Gasteiger partial charge in [0.05, 0.1) is 18.2 Å². The standard InChI is InChI=1S/C14H16N2O2/c1-14(2)6-9-12(10(17)7-14)13-8(15-9)4-5-11(16-13)18-3/h4-5,15H,6-7H2,1-3H3. The number of carbonyl (C=O) groups is 1. The third-order valence-electron chi connectivity index (χ3n) is 3.48. The van der Waals surface area contributed by atoms with Crippen molar-refractivity contribution in [3.63, 3.8) is 0 Å². The summed E-state index contributed by atoms with van der Waals surface area (Å²) in [6.45, 7) is 4.24. The van der Waals surface area contributed by atoms with E-state index in [9.17, 15) is 4.79 Å². The highest BCUT2D eigenvalue weighted by molar-refractivity contribution is 6.09. The topological polar surface area (TPSA) is 55.0 Å². The number of aromatic nitrogens is 2. The fraction of sp³-hybridized carbons (Fsp3) is 0.429. The van der Waals surface area contributed by atoms with Crippen molar-refractivity contribution < 1.29 is 9.53 Å². The number of hydrogen-bond donors (Lipinski definition) is 1. The SMILES string of the molecule is COc1ccc2[nH]c3c(c2n1)C(=O)CC(C)(C)C3. The summed E-state index contributed by atoms with van der Waals surface area (Å²) in [5.74, 6) is 0.718. The van der Waals surface area contributed by atoms with Gasteiger partial charge in [0.1, 0.15) is 5.52 Å². The van der Waals surface area contributed by atoms with E-state index in [2.05, 4.69) is 23.8 Å². The van der Waals surface area contributed by atoms with Crippen molar-refractivity contribution in [2.45, 2.75) is 26.7 Å². The first-order valence-corrected chi connectivity index (χ1v) is 6.09. The fourth-order valence-corrected chi connectivity index (χ4v) is 2.71. The minimum absolute atomic E-state index is 0.0229. The Balaban J connectivity index is 2.25. The minimum atomic E-state index is 0.0229. The van der Waals surface area contributed by atoms with Crippen LogP contribution in [0.15, 0.2) is 12.1 Å². The lowest BCUT2D eigenvalue weighted by molar-refractivity contribution is 0.0913. The zero-order chi connectivity index (χ0) is 12.9. The molecule has 4 heteroatoms. The summed E-state index contributed by atoms with van der Waals surface area (Å²) in [6, 6.07) is 3.72. The summed E-state index contributed by atoms with van der Waals surface area (Å²) in [7, 11) is 1.58. The number of nitrogens with zero attached hydrogens (tertiary/aromatic N) is 1. The van der Waals surface area contributed by atoms with Gasteiger partial charge in [-0.3, -0.25) is 4.79 Å². The molecular formula is C14H16N2O2. The summed E-state index contributed by atoms with van der Waals surface area (Å²) in [6.07, 6.45) is 1.46. The highest BCUT2D eigenvalue weighted by Crippen LogP contribution is 2.37. The molecule has 2 heterocycles. The van der Waals surface area contributed by atoms with Crippen LogP contribution in [0.2, 0.25) is 0 Å². The van der Waals surface area contributed by atoms with E-state index in [1.165, 1.54) is 0 Å². The zero-order valence-corrected chi connectivity index (χ0v) is 10.8. The molecular weight excluding hydrogens is 228 g/mol. The molecule has 2 aromatic heterocycles. The van der Waals surface area contributed by atoms with E-state index in [4.69, 9.17) is 4.74 Å². The van der Waals surface area contributed by atoms with Gasteiger partial charge in [-0.05, 0) is 17.9 Å². The first-order valence-electron chi connectivity index (χ1n) is 6.09. The van der Waals surface area contributed by atoms with Crippen LogP contribution >= 0.6 is 0 Å². The van der Waals surface area contributed by atoms with E-state index in [-0.39, 0.29) is 11.2 Å². The molecule has 0 aliphatic heterocycles. The van der Waals surface area contributed by atoms with Crippen LogP contribution in [0.5, 0.6) is 5.88 Å². The largest absolute Gasteiger partial charge is 0.481 e. The number of aromatic amines is 1. The van der Waals surface area contributed by atoms with Gasteiger partial charge in [-0.2, -0.15) is 0 Å². The molecule has 0 radical (unpaired) electrons. The lowest BCUT2D eigenvalue weighted by Crippen LogP contribution is -2.26. The molecule has 0 unspecified atom stereocenters. The molecule has 1 aliphatic carbocycles. The van der Waals surface area contributed by atoms with Crippen LogP contribution in [0.25, 0.3) is 11.0 Å². The smallest absolute Gasteiger partial charge is 0.213 e. The molecule has 0 aromatic carbocycles. The van der Waals surface area contributed by atoms with Gasteiger partial charge in [0, 0.05) is 18.2 Å². The van der Waals surface area contributed by atoms with Crippen molar-refractivity contribution in [3.05, 3.63) is 23.4 Å². The molecule has 0 atom stereocenters. The van der Waals surface area contributed by atoms with E-state index in [1.807, 2.05) is 6.07 Å². The predicted molar refractivity (Wildman–Crippen MR) is 69.1 cm³/mol. The maximum Gasteiger partial charge on any atom is 0.213 e. The van der Waals surface area contributed by atoms with Gasteiger partial charge in [0.15, 0.2) is 5.78 Å². The average Bonchev–Trinajstić information content (AvgIpc) is 2.63. The van der Waals surface area contributed by atoms with E-state index < -0.39 is 0 Å². The maximum atomic E-state index is 12.3. The van der Waals surface area contributed by atoms with Crippen LogP contribution in [-0.4, -0.2) is 22.9 Å². The Labute approximate surface area is 105 Å². The highest BCUT2D eigenvalue weighted by Gasteiger charge is 2.34. The van der Waals surface area contributed by atoms with Gasteiger partial charge in [-0.15, -0.1) is 0 Å². The second kappa shape index (κ2) is 3.57. The molecule has 18 heavy (non-hydrogen) atoms. The van der Waals surface area contributed by atoms with E-state index in [1.54, 1.807) is 13.2 Å². The zero-order valence-electron chi connectivity index (χ0n) is 10.8. The number of methoxy groups -OCH3 is 1. The average molecular weight is 244 g/mol. The molecule has 0 amide bonds. The second-order valence-corrected chi connectivity index (χ2v) is 5.67. The van der Waals surface area contributed by atoms with Gasteiger partial charge in [0.2, 0.25) is 5.88 Å². The van der Waals surface area contributed by atoms with Crippen molar-refractivity contribution >= 4 is 16.8 Å². The molecule has 3 rings (SSSR count). The number of hydrogen-bond acceptors (Lipinski definition) is 3. The minimum Gasteiger partial charge on any atom is -0.481 e. The summed E-state index contributed by atoms with van der Waals surface area (Å²) in [4.78, 5) is 20.0. The number of pyridine rings is 1. The lowest BCUT2D eigenvalue weighted by Gasteiger charge is -2.27. The normalized spacial score (nSPS) is 17.8. The van der Waals surface area contributed by atoms with E-state index >= 15 is 0 Å². The first-order chi connectivity index (χ1) is 8.50. The van der Waals surface area contributed by atoms with Crippen molar-refractivity contribution in [2.24, 2.45) is 5.41 Å². The number of fused-ring (bicyclic) bond motifs is 3. The second-order valence-electron chi connectivity index (χ2n) is 5.67. The molecule has 1 aliphatic rings. The van der Waals surface area contributed by atoms with Crippen LogP contribution in [0.4, 0.5) is 0 Å². The Morgan fingerprint density at radius 2 is 2.11 bits per heavy atom. The molecule has 4 nitrogen and oxygen atoms in total. The van der Waals surface area contributed by atoms with E-state index in [0.29, 0.717) is 12.3 Å². The van der Waals surface area contributed by atoms with Crippen molar-refractivity contribution in [1.29, 1.82) is 0 Å². The summed E-state index contributed by atoms with van der Waals surface area (Å²) in [5, 5.41) is 0. The van der Waals surface area contributed by atoms with Crippen LogP contribution in [0.3, 0.4) is 0 Å². The summed E-state index contributed by atoms with van der Waals surface area (Å²) in [5.41, 5.74) is 3.43. The van der Waals surface area contributed by atoms with Crippen LogP contribution < -0.4 is 4.74 Å². The summed E-state index contributed by atoms with van der Waals surface area (Å²) < 4.78 is 5.12. The van der Waals surface area contributed by atoms with Gasteiger partial charge >= 0.3 is 0 Å². The first kappa shape index (κ1) is 11.3. The number of ketones is 1. The van der Waals surface area contributed by atoms with Gasteiger partial charge in [0.25, 0.3) is 0 Å². The molecule has 0 fully saturated rings. The van der Waals surface area contributed by atoms with Gasteiger partial charge in [-0.1, -0.05) is 13.8 Å². The molecule has 0 spiro atoms. The summed E-state index contributed by atoms with van der Waals surface area (Å²) >= 11 is 0. The number of carbonyl (C=O) groups excluding carboxylic acids is 1. The molecule has 0 saturated carbocycles. The number of rotatable bonds is 1. The Kier molecular flexibility index (Phi) is 2.24. The number of ether oxygens (including phenoxy) is 1. The molecule has 1 N–H and O–H groups in total. The van der Waals surface area contributed by atoms with Crippen molar-refractivity contribution in [1.82, 2.24) is 9.97 Å². The van der Waals surface area contributed by atoms with Gasteiger partial charge in [-0.25, -0.2) is 4.98 Å². The predicted octanol–water partition coefficient (Wildman–Crippen LogP) is 2.73. The Morgan fingerprint density at radius 3 is 2.83 bits per heavy atom. The fourth-order valence-electron chi connectivity index (χ4n) is 2.71. The van der Waals surface area contributed by atoms with Crippen LogP contribution in [-0.2, 0) is 6.42 Å². The van der Waals surface area contributed by atoms with Crippen molar-refractivity contribution in [2.75, 3.05) is 7.11 Å². The van der Waals surface area contributed by atoms with Crippen LogP contribution in [0, 0.1) is 5.41 Å². The third kappa shape index (κ3) is 1.60.